The summed E-state index contributed by atoms with van der Waals surface area (Å²) in [5.74, 6) is -1.34. The third kappa shape index (κ3) is 12.0. The first-order chi connectivity index (χ1) is 15.8. The van der Waals surface area contributed by atoms with Gasteiger partial charge in [0.1, 0.15) is 8.46 Å². The molecule has 0 saturated heterocycles. The molecule has 198 valence electrons. The van der Waals surface area contributed by atoms with Crippen molar-refractivity contribution in [1.82, 2.24) is 0 Å². The van der Waals surface area contributed by atoms with E-state index in [1.54, 1.807) is 20.8 Å². The molecule has 34 heavy (non-hydrogen) atoms. The third-order valence-electron chi connectivity index (χ3n) is 5.67. The van der Waals surface area contributed by atoms with Crippen molar-refractivity contribution in [3.8, 4) is 0 Å². The lowest BCUT2D eigenvalue weighted by Crippen LogP contribution is -2.45. The van der Waals surface area contributed by atoms with Gasteiger partial charge in [-0.15, -0.1) is 0 Å². The zero-order valence-corrected chi connectivity index (χ0v) is 23.9. The summed E-state index contributed by atoms with van der Waals surface area (Å²) in [7, 11) is -6.90. The first kappa shape index (κ1) is 32.8. The molecule has 0 saturated carbocycles. The minimum absolute atomic E-state index is 0.0900. The Morgan fingerprint density at radius 1 is 1.00 bits per heavy atom. The molecule has 0 aliphatic heterocycles. The van der Waals surface area contributed by atoms with Crippen LogP contribution in [0.3, 0.4) is 0 Å². The molecule has 1 N–H and O–H groups in total. The summed E-state index contributed by atoms with van der Waals surface area (Å²) in [5.41, 5.74) is 3.87. The minimum Gasteiger partial charge on any atom is -0.436 e. The number of carbonyl (C=O) groups is 1. The smallest absolute Gasteiger partial charge is 0.307 e. The first-order valence-corrected chi connectivity index (χ1v) is 14.6. The van der Waals surface area contributed by atoms with Gasteiger partial charge in [-0.05, 0) is 66.2 Å². The predicted molar refractivity (Wildman–Crippen MR) is 140 cm³/mol. The van der Waals surface area contributed by atoms with Gasteiger partial charge in [0.15, 0.2) is 0 Å². The van der Waals surface area contributed by atoms with Crippen LogP contribution in [0.1, 0.15) is 99.8 Å². The number of rotatable bonds is 17. The van der Waals surface area contributed by atoms with Gasteiger partial charge in [0, 0.05) is 18.8 Å². The Bertz CT molecular complexity index is 841. The van der Waals surface area contributed by atoms with Gasteiger partial charge in [0.2, 0.25) is 11.0 Å². The second-order valence-corrected chi connectivity index (χ2v) is 12.2. The van der Waals surface area contributed by atoms with Crippen molar-refractivity contribution >= 4 is 24.5 Å². The van der Waals surface area contributed by atoms with Gasteiger partial charge in [-0.1, -0.05) is 55.7 Å². The molecule has 0 aromatic heterocycles. The fourth-order valence-corrected chi connectivity index (χ4v) is 5.33. The van der Waals surface area contributed by atoms with Crippen molar-refractivity contribution in [2.24, 2.45) is 5.92 Å². The normalized spacial score (nSPS) is 16.8. The summed E-state index contributed by atoms with van der Waals surface area (Å²) in [6.45, 7) is 13.2. The van der Waals surface area contributed by atoms with E-state index in [-0.39, 0.29) is 12.8 Å². The Kier molecular flexibility index (Phi) is 15.9. The Morgan fingerprint density at radius 2 is 1.53 bits per heavy atom. The Hall–Kier alpha value is -1.21. The highest BCUT2D eigenvalue weighted by Crippen LogP contribution is 2.42. The standard InChI is InChI=1S/C25H45O7PS/c1-8-23(26)31-24(9-2)32-25(33-27,34(28,29)30)22(7)18-12-17-21(6)16-11-15-20(5)14-10-13-19(3)4/h13,15,17,22,24H,8-12,14,16,18,33H2,1-7H3,(H,28,29,30). The molecule has 0 aromatic carbocycles. The van der Waals surface area contributed by atoms with Crippen LogP contribution in [0.25, 0.3) is 0 Å². The lowest BCUT2D eigenvalue weighted by atomic mass is 10.0. The molecule has 0 bridgehead atoms. The van der Waals surface area contributed by atoms with Gasteiger partial charge in [-0.2, -0.15) is 8.42 Å². The van der Waals surface area contributed by atoms with Crippen LogP contribution in [0.5, 0.6) is 0 Å². The molecule has 0 heterocycles. The molecule has 4 unspecified atom stereocenters. The molecule has 0 spiro atoms. The lowest BCUT2D eigenvalue weighted by molar-refractivity contribution is -0.191. The van der Waals surface area contributed by atoms with E-state index in [0.717, 1.165) is 25.7 Å². The molecular weight excluding hydrogens is 475 g/mol. The van der Waals surface area contributed by atoms with Crippen LogP contribution in [0.4, 0.5) is 0 Å². The van der Waals surface area contributed by atoms with E-state index in [9.17, 15) is 22.3 Å². The van der Waals surface area contributed by atoms with E-state index >= 15 is 0 Å². The van der Waals surface area contributed by atoms with Gasteiger partial charge in [0.25, 0.3) is 0 Å². The van der Waals surface area contributed by atoms with Crippen LogP contribution >= 0.6 is 8.46 Å². The van der Waals surface area contributed by atoms with Gasteiger partial charge in [0.05, 0.1) is 0 Å². The minimum atomic E-state index is -4.83. The summed E-state index contributed by atoms with van der Waals surface area (Å²) in [4.78, 5) is 11.6. The van der Waals surface area contributed by atoms with Crippen molar-refractivity contribution in [2.45, 2.75) is 111 Å². The Balaban J connectivity index is 5.11. The topological polar surface area (TPSA) is 107 Å². The number of hydrogen-bond acceptors (Lipinski definition) is 6. The van der Waals surface area contributed by atoms with E-state index in [0.29, 0.717) is 12.8 Å². The maximum Gasteiger partial charge on any atom is 0.307 e. The molecule has 7 nitrogen and oxygen atoms in total. The number of esters is 1. The van der Waals surface area contributed by atoms with Crippen molar-refractivity contribution in [3.63, 3.8) is 0 Å². The summed E-state index contributed by atoms with van der Waals surface area (Å²) >= 11 is 0. The summed E-state index contributed by atoms with van der Waals surface area (Å²) in [6, 6.07) is 0. The second kappa shape index (κ2) is 16.5. The van der Waals surface area contributed by atoms with Gasteiger partial charge >= 0.3 is 16.1 Å². The van der Waals surface area contributed by atoms with E-state index in [1.807, 2.05) is 13.0 Å². The highest BCUT2D eigenvalue weighted by atomic mass is 32.2. The van der Waals surface area contributed by atoms with Crippen molar-refractivity contribution in [1.29, 1.82) is 0 Å². The zero-order valence-electron chi connectivity index (χ0n) is 21.9. The van der Waals surface area contributed by atoms with Crippen molar-refractivity contribution in [2.75, 3.05) is 0 Å². The maximum atomic E-state index is 12.2. The van der Waals surface area contributed by atoms with E-state index in [1.165, 1.54) is 16.7 Å². The molecule has 0 aromatic rings. The third-order valence-corrected chi connectivity index (χ3v) is 9.19. The first-order valence-electron chi connectivity index (χ1n) is 12.1. The molecule has 0 aliphatic rings. The van der Waals surface area contributed by atoms with Crippen LogP contribution < -0.4 is 0 Å². The van der Waals surface area contributed by atoms with E-state index in [4.69, 9.17) is 9.47 Å². The van der Waals surface area contributed by atoms with Crippen LogP contribution in [0.2, 0.25) is 0 Å². The van der Waals surface area contributed by atoms with Crippen LogP contribution in [0.15, 0.2) is 34.9 Å². The maximum absolute atomic E-state index is 12.2. The number of hydrogen-bond donors (Lipinski definition) is 1. The average molecular weight is 521 g/mol. The second-order valence-electron chi connectivity index (χ2n) is 9.05. The predicted octanol–water partition coefficient (Wildman–Crippen LogP) is 6.83. The SMILES string of the molecule is CCC(=O)OC(CC)OC([PH2]=O)(C(C)CCC=C(C)CCC=C(C)CCC=C(C)C)S(=O)(=O)O. The largest absolute Gasteiger partial charge is 0.436 e. The molecule has 0 radical (unpaired) electrons. The van der Waals surface area contributed by atoms with Gasteiger partial charge in [-0.3, -0.25) is 9.35 Å². The van der Waals surface area contributed by atoms with Crippen molar-refractivity contribution < 1.29 is 31.8 Å². The van der Waals surface area contributed by atoms with Gasteiger partial charge < -0.3 is 14.0 Å². The number of carbonyl (C=O) groups excluding carboxylic acids is 1. The molecule has 0 amide bonds. The molecular formula is C25H45O7PS. The van der Waals surface area contributed by atoms with Gasteiger partial charge in [-0.25, -0.2) is 0 Å². The van der Waals surface area contributed by atoms with E-state index < -0.39 is 41.4 Å². The fourth-order valence-electron chi connectivity index (χ4n) is 3.38. The summed E-state index contributed by atoms with van der Waals surface area (Å²) in [6.07, 6.45) is 10.4. The molecule has 4 atom stereocenters. The quantitative estimate of drug-likeness (QED) is 0.0736. The fraction of sp³-hybridized carbons (Fsp3) is 0.720. The Morgan fingerprint density at radius 3 is 1.97 bits per heavy atom. The summed E-state index contributed by atoms with van der Waals surface area (Å²) in [5, 5.41) is 0. The molecule has 0 aliphatic carbocycles. The van der Waals surface area contributed by atoms with E-state index in [2.05, 4.69) is 32.9 Å². The highest BCUT2D eigenvalue weighted by Gasteiger charge is 2.50. The zero-order chi connectivity index (χ0) is 26.4. The highest BCUT2D eigenvalue weighted by molar-refractivity contribution is 7.91. The summed E-state index contributed by atoms with van der Waals surface area (Å²) < 4.78 is 54.8. The number of allylic oxidation sites excluding steroid dienone is 6. The molecule has 9 heteroatoms. The molecule has 0 fully saturated rings. The average Bonchev–Trinajstić information content (AvgIpc) is 2.75. The van der Waals surface area contributed by atoms with Crippen LogP contribution in [-0.2, 0) is 29.0 Å². The lowest BCUT2D eigenvalue weighted by Gasteiger charge is -2.34. The molecule has 0 rings (SSSR count). The number of ether oxygens (including phenoxy) is 2. The monoisotopic (exact) mass is 520 g/mol. The Labute approximate surface area is 208 Å². The van der Waals surface area contributed by atoms with Crippen LogP contribution in [0, 0.1) is 5.92 Å². The van der Waals surface area contributed by atoms with Crippen LogP contribution in [-0.4, -0.2) is 29.9 Å². The van der Waals surface area contributed by atoms with Crippen molar-refractivity contribution in [3.05, 3.63) is 34.9 Å².